The molecule has 1 atom stereocenters. The van der Waals surface area contributed by atoms with E-state index in [-0.39, 0.29) is 33.6 Å². The lowest BCUT2D eigenvalue weighted by Gasteiger charge is -2.45. The number of hydrogen-bond acceptors (Lipinski definition) is 14. The van der Waals surface area contributed by atoms with E-state index in [2.05, 4.69) is 29.5 Å². The number of carboxylic acid groups (broad SMARTS) is 1. The molecular formula is C20H25N9O6S2. The minimum absolute atomic E-state index is 0.00783. The van der Waals surface area contributed by atoms with E-state index in [0.29, 0.717) is 41.2 Å². The summed E-state index contributed by atoms with van der Waals surface area (Å²) in [5, 5.41) is 22.5. The van der Waals surface area contributed by atoms with Gasteiger partial charge in [-0.05, 0) is 11.6 Å². The van der Waals surface area contributed by atoms with Crippen molar-refractivity contribution in [3.63, 3.8) is 0 Å². The Bertz CT molecular complexity index is 1240. The Morgan fingerprint density at radius 1 is 1.43 bits per heavy atom. The Hall–Kier alpha value is -3.83. The van der Waals surface area contributed by atoms with Crippen molar-refractivity contribution < 1.29 is 33.2 Å². The Balaban J connectivity index is 0.000000248. The Kier molecular flexibility index (Phi) is 8.95. The van der Waals surface area contributed by atoms with Gasteiger partial charge in [0.15, 0.2) is 11.7 Å². The number of fused-ring (bicyclic) bond motifs is 1. The number of amides is 2. The van der Waals surface area contributed by atoms with Crippen LogP contribution in [0.25, 0.3) is 0 Å². The molecule has 0 radical (unpaired) electrons. The number of quaternary nitrogens is 1. The summed E-state index contributed by atoms with van der Waals surface area (Å²) in [7, 11) is 5.30. The lowest BCUT2D eigenvalue weighted by atomic mass is 10.1. The first kappa shape index (κ1) is 27.8. The van der Waals surface area contributed by atoms with E-state index in [1.54, 1.807) is 17.8 Å². The molecule has 0 saturated carbocycles. The minimum atomic E-state index is -1.30. The predicted molar refractivity (Wildman–Crippen MR) is 131 cm³/mol. The van der Waals surface area contributed by atoms with Crippen molar-refractivity contribution in [2.45, 2.75) is 18.3 Å². The number of likely N-dealkylation sites (N-methyl/N-ethyl adjacent to an activating group) is 1. The van der Waals surface area contributed by atoms with Gasteiger partial charge >= 0.3 is 0 Å². The molecule has 2 aromatic heterocycles. The highest BCUT2D eigenvalue weighted by Crippen LogP contribution is 2.39. The number of primary amides is 1. The van der Waals surface area contributed by atoms with Crippen molar-refractivity contribution >= 4 is 51.9 Å². The number of nitrogens with two attached hydrogens (primary N) is 2. The van der Waals surface area contributed by atoms with Crippen LogP contribution in [-0.2, 0) is 25.8 Å². The van der Waals surface area contributed by atoms with Crippen molar-refractivity contribution in [2.24, 2.45) is 10.9 Å². The molecule has 198 valence electrons. The molecule has 2 aliphatic rings. The number of thioether (sulfide) groups is 1. The third kappa shape index (κ3) is 7.11. The fraction of sp³-hybridized carbons (Fsp3) is 0.400. The first-order valence-corrected chi connectivity index (χ1v) is 12.5. The van der Waals surface area contributed by atoms with E-state index in [1.807, 2.05) is 20.2 Å². The number of nitrogen functional groups attached to an aromatic ring is 1. The summed E-state index contributed by atoms with van der Waals surface area (Å²) in [6.45, 7) is 1.21. The van der Waals surface area contributed by atoms with Crippen LogP contribution in [0.4, 0.5) is 5.13 Å². The van der Waals surface area contributed by atoms with Crippen LogP contribution in [-0.4, -0.2) is 91.3 Å². The second-order valence-corrected chi connectivity index (χ2v) is 10.3. The zero-order valence-electron chi connectivity index (χ0n) is 20.2. The highest BCUT2D eigenvalue weighted by Gasteiger charge is 2.42. The molecule has 2 aromatic rings. The number of rotatable bonds is 9. The van der Waals surface area contributed by atoms with Crippen LogP contribution in [0.15, 0.2) is 39.4 Å². The van der Waals surface area contributed by atoms with E-state index >= 15 is 0 Å². The number of aliphatic carboxylic acids is 1. The van der Waals surface area contributed by atoms with Gasteiger partial charge < -0.3 is 35.1 Å². The Morgan fingerprint density at radius 2 is 2.19 bits per heavy atom. The molecule has 1 saturated heterocycles. The van der Waals surface area contributed by atoms with Gasteiger partial charge in [0.1, 0.15) is 7.11 Å². The van der Waals surface area contributed by atoms with E-state index < -0.39 is 11.9 Å². The Labute approximate surface area is 219 Å². The lowest BCUT2D eigenvalue weighted by molar-refractivity contribution is -0.899. The quantitative estimate of drug-likeness (QED) is 0.157. The summed E-state index contributed by atoms with van der Waals surface area (Å²) in [5.41, 5.74) is 10.8. The van der Waals surface area contributed by atoms with Crippen LogP contribution in [0.5, 0.6) is 0 Å². The minimum Gasteiger partial charge on any atom is -0.543 e. The SMILES string of the molecule is CO/N=C(\C(N)=O)c1nsc(N)n1.C[N+](C)(C/C=C/C1=C(C(=O)[O-])N2C(=O)C[C@@H]2SC1)Cc1nnco1. The highest BCUT2D eigenvalue weighted by molar-refractivity contribution is 8.00. The number of nitrogens with zero attached hydrogens (tertiary/aromatic N) is 7. The van der Waals surface area contributed by atoms with Crippen LogP contribution in [0.2, 0.25) is 0 Å². The third-order valence-corrected chi connectivity index (χ3v) is 6.81. The first-order chi connectivity index (χ1) is 17.5. The van der Waals surface area contributed by atoms with Gasteiger partial charge in [-0.15, -0.1) is 22.0 Å². The number of aromatic nitrogens is 4. The maximum Gasteiger partial charge on any atom is 0.274 e. The monoisotopic (exact) mass is 551 g/mol. The molecule has 4 heterocycles. The summed E-state index contributed by atoms with van der Waals surface area (Å²) in [6.07, 6.45) is 5.36. The summed E-state index contributed by atoms with van der Waals surface area (Å²) in [4.78, 5) is 43.4. The number of anilines is 1. The molecule has 2 amide bonds. The summed E-state index contributed by atoms with van der Waals surface area (Å²) in [6, 6.07) is 0. The number of oxime groups is 1. The Morgan fingerprint density at radius 3 is 2.73 bits per heavy atom. The largest absolute Gasteiger partial charge is 0.543 e. The molecule has 4 N–H and O–H groups in total. The zero-order chi connectivity index (χ0) is 27.2. The molecule has 0 aliphatic carbocycles. The number of carbonyl (C=O) groups is 3. The van der Waals surface area contributed by atoms with E-state index in [0.717, 1.165) is 11.5 Å². The van der Waals surface area contributed by atoms with Crippen molar-refractivity contribution in [2.75, 3.05) is 39.2 Å². The normalized spacial score (nSPS) is 17.7. The van der Waals surface area contributed by atoms with Crippen LogP contribution in [0.3, 0.4) is 0 Å². The maximum absolute atomic E-state index is 11.7. The zero-order valence-corrected chi connectivity index (χ0v) is 21.8. The molecule has 15 nitrogen and oxygen atoms in total. The van der Waals surface area contributed by atoms with Crippen molar-refractivity contribution in [3.05, 3.63) is 41.5 Å². The van der Waals surface area contributed by atoms with Crippen LogP contribution in [0.1, 0.15) is 18.1 Å². The number of allylic oxidation sites excluding steroid dienone is 1. The molecule has 0 bridgehead atoms. The van der Waals surface area contributed by atoms with Gasteiger partial charge in [0.05, 0.1) is 44.1 Å². The summed E-state index contributed by atoms with van der Waals surface area (Å²) < 4.78 is 9.48. The summed E-state index contributed by atoms with van der Waals surface area (Å²) in [5.74, 6) is -1.04. The van der Waals surface area contributed by atoms with Gasteiger partial charge in [-0.3, -0.25) is 14.5 Å². The predicted octanol–water partition coefficient (Wildman–Crippen LogP) is -1.53. The van der Waals surface area contributed by atoms with E-state index in [1.165, 1.54) is 18.4 Å². The molecule has 0 unspecified atom stereocenters. The van der Waals surface area contributed by atoms with Gasteiger partial charge in [0.2, 0.25) is 23.8 Å². The third-order valence-electron chi connectivity index (χ3n) is 5.03. The molecule has 0 spiro atoms. The van der Waals surface area contributed by atoms with Crippen molar-refractivity contribution in [1.29, 1.82) is 0 Å². The van der Waals surface area contributed by atoms with Crippen LogP contribution < -0.4 is 16.6 Å². The van der Waals surface area contributed by atoms with Gasteiger partial charge in [-0.1, -0.05) is 11.2 Å². The van der Waals surface area contributed by atoms with Gasteiger partial charge in [0.25, 0.3) is 11.8 Å². The topological polar surface area (TPSA) is 216 Å². The number of β-lactam (4-membered cyclic amide) rings is 1. The van der Waals surface area contributed by atoms with Crippen LogP contribution >= 0.6 is 23.3 Å². The second kappa shape index (κ2) is 11.9. The van der Waals surface area contributed by atoms with Crippen molar-refractivity contribution in [1.82, 2.24) is 24.5 Å². The lowest BCUT2D eigenvalue weighted by Crippen LogP contribution is -2.55. The molecule has 17 heteroatoms. The number of carboxylic acids is 1. The molecule has 0 aromatic carbocycles. The average molecular weight is 552 g/mol. The van der Waals surface area contributed by atoms with Gasteiger partial charge in [-0.25, -0.2) is 0 Å². The fourth-order valence-electron chi connectivity index (χ4n) is 3.35. The highest BCUT2D eigenvalue weighted by atomic mass is 32.2. The average Bonchev–Trinajstić information content (AvgIpc) is 3.48. The summed E-state index contributed by atoms with van der Waals surface area (Å²) >= 11 is 2.52. The van der Waals surface area contributed by atoms with E-state index in [9.17, 15) is 19.5 Å². The molecule has 2 aliphatic heterocycles. The number of carbonyl (C=O) groups excluding carboxylic acids is 3. The molecular weight excluding hydrogens is 526 g/mol. The van der Waals surface area contributed by atoms with Gasteiger partial charge in [0, 0.05) is 17.3 Å². The molecule has 1 fully saturated rings. The fourth-order valence-corrected chi connectivity index (χ4v) is 5.02. The first-order valence-electron chi connectivity index (χ1n) is 10.6. The molecule has 37 heavy (non-hydrogen) atoms. The standard InChI is InChI=1S/C15H18N4O4S.C5H7N5O2S/c1-19(2,7-11-17-16-9-23-11)5-3-4-10-8-24-13-6-12(20)18(13)14(10)15(21)22;1-12-9-2(3(6)11)4-8-5(7)13-10-4/h3-4,9,13H,5-8H2,1-2H3;1H3,(H2,6,11)(H2,7,8,10)/b4-3+;9-2+/t13-;/m0./s1. The smallest absolute Gasteiger partial charge is 0.274 e. The molecule has 4 rings (SSSR count). The maximum atomic E-state index is 11.7. The van der Waals surface area contributed by atoms with Crippen LogP contribution in [0, 0.1) is 0 Å². The van der Waals surface area contributed by atoms with Crippen molar-refractivity contribution in [3.8, 4) is 0 Å². The number of hydrogen-bond donors (Lipinski definition) is 2. The van der Waals surface area contributed by atoms with Gasteiger partial charge in [-0.2, -0.15) is 9.36 Å². The second-order valence-electron chi connectivity index (χ2n) is 8.35. The van der Waals surface area contributed by atoms with E-state index in [4.69, 9.17) is 15.9 Å².